The number of carbonyl (C=O) groups excluding carboxylic acids is 4. The summed E-state index contributed by atoms with van der Waals surface area (Å²) >= 11 is 6.33. The summed E-state index contributed by atoms with van der Waals surface area (Å²) in [4.78, 5) is 50.7. The molecule has 0 saturated heterocycles. The minimum atomic E-state index is -1.25. The van der Waals surface area contributed by atoms with Crippen molar-refractivity contribution in [2.75, 3.05) is 20.3 Å². The average Bonchev–Trinajstić information content (AvgIpc) is 3.37. The largest absolute Gasteiger partial charge is 0.508 e. The van der Waals surface area contributed by atoms with Gasteiger partial charge in [-0.25, -0.2) is 9.59 Å². The maximum absolute atomic E-state index is 13.0. The maximum Gasteiger partial charge on any atom is 0.407 e. The SMILES string of the molecule is COC(=O)[C@H](CNC(=O)OCC1c2ccccc2-c2ccccc21)NC(=O)c1ccc(C(=O)NCc2cccc(O)c2)cc1Cl. The van der Waals surface area contributed by atoms with Crippen LogP contribution in [0.4, 0.5) is 4.79 Å². The van der Waals surface area contributed by atoms with E-state index in [1.54, 1.807) is 12.1 Å². The molecule has 0 bridgehead atoms. The number of benzene rings is 4. The van der Waals surface area contributed by atoms with Gasteiger partial charge in [-0.1, -0.05) is 72.3 Å². The molecule has 0 fully saturated rings. The van der Waals surface area contributed by atoms with Crippen molar-refractivity contribution in [1.29, 1.82) is 0 Å². The van der Waals surface area contributed by atoms with Crippen LogP contribution >= 0.6 is 11.6 Å². The van der Waals surface area contributed by atoms with Gasteiger partial charge in [-0.2, -0.15) is 0 Å². The minimum Gasteiger partial charge on any atom is -0.508 e. The van der Waals surface area contributed by atoms with Gasteiger partial charge in [-0.05, 0) is 58.1 Å². The van der Waals surface area contributed by atoms with E-state index >= 15 is 0 Å². The summed E-state index contributed by atoms with van der Waals surface area (Å²) in [6.07, 6.45) is -0.765. The molecule has 0 aromatic heterocycles. The van der Waals surface area contributed by atoms with Crippen LogP contribution in [0, 0.1) is 0 Å². The van der Waals surface area contributed by atoms with Crippen LogP contribution in [-0.2, 0) is 20.8 Å². The zero-order valence-electron chi connectivity index (χ0n) is 24.2. The molecule has 230 valence electrons. The number of alkyl carbamates (subject to hydrolysis) is 1. The Morgan fingerprint density at radius 3 is 2.18 bits per heavy atom. The molecule has 11 heteroatoms. The Morgan fingerprint density at radius 2 is 1.53 bits per heavy atom. The number of hydrogen-bond donors (Lipinski definition) is 4. The lowest BCUT2D eigenvalue weighted by Gasteiger charge is -2.19. The van der Waals surface area contributed by atoms with Crippen molar-refractivity contribution in [1.82, 2.24) is 16.0 Å². The molecule has 45 heavy (non-hydrogen) atoms. The molecule has 4 aromatic carbocycles. The Balaban J connectivity index is 1.16. The third-order valence-electron chi connectivity index (χ3n) is 7.42. The highest BCUT2D eigenvalue weighted by Crippen LogP contribution is 2.44. The van der Waals surface area contributed by atoms with E-state index in [0.717, 1.165) is 29.4 Å². The Morgan fingerprint density at radius 1 is 0.844 bits per heavy atom. The second-order valence-corrected chi connectivity index (χ2v) is 10.7. The van der Waals surface area contributed by atoms with Gasteiger partial charge in [0, 0.05) is 18.0 Å². The van der Waals surface area contributed by atoms with Crippen LogP contribution in [0.5, 0.6) is 5.75 Å². The lowest BCUT2D eigenvalue weighted by atomic mass is 9.98. The van der Waals surface area contributed by atoms with E-state index in [0.29, 0.717) is 5.56 Å². The first-order chi connectivity index (χ1) is 21.7. The number of phenolic OH excluding ortho intramolecular Hbond substituents is 1. The van der Waals surface area contributed by atoms with Gasteiger partial charge in [0.2, 0.25) is 0 Å². The fraction of sp³-hybridized carbons (Fsp3) is 0.176. The highest BCUT2D eigenvalue weighted by Gasteiger charge is 2.30. The number of amides is 3. The van der Waals surface area contributed by atoms with Crippen LogP contribution in [0.15, 0.2) is 91.0 Å². The second kappa shape index (κ2) is 14.0. The Hall–Kier alpha value is -5.35. The lowest BCUT2D eigenvalue weighted by molar-refractivity contribution is -0.142. The number of halogens is 1. The first kappa shape index (κ1) is 31.1. The highest BCUT2D eigenvalue weighted by molar-refractivity contribution is 6.34. The lowest BCUT2D eigenvalue weighted by Crippen LogP contribution is -2.49. The Labute approximate surface area is 264 Å². The summed E-state index contributed by atoms with van der Waals surface area (Å²) in [5.74, 6) is -2.00. The number of methoxy groups -OCH3 is 1. The van der Waals surface area contributed by atoms with Gasteiger partial charge in [-0.3, -0.25) is 9.59 Å². The van der Waals surface area contributed by atoms with E-state index < -0.39 is 29.9 Å². The summed E-state index contributed by atoms with van der Waals surface area (Å²) in [5.41, 5.74) is 5.22. The maximum atomic E-state index is 13.0. The molecule has 0 aliphatic heterocycles. The Bertz CT molecular complexity index is 1710. The molecule has 4 N–H and O–H groups in total. The molecule has 10 nitrogen and oxygen atoms in total. The predicted octanol–water partition coefficient (Wildman–Crippen LogP) is 4.79. The summed E-state index contributed by atoms with van der Waals surface area (Å²) in [6.45, 7) is -0.0503. The summed E-state index contributed by atoms with van der Waals surface area (Å²) in [7, 11) is 1.16. The molecule has 3 amide bonds. The zero-order valence-corrected chi connectivity index (χ0v) is 25.0. The van der Waals surface area contributed by atoms with Gasteiger partial charge in [0.1, 0.15) is 18.4 Å². The molecule has 0 saturated carbocycles. The van der Waals surface area contributed by atoms with Crippen molar-refractivity contribution in [2.45, 2.75) is 18.5 Å². The first-order valence-electron chi connectivity index (χ1n) is 14.1. The van der Waals surface area contributed by atoms with Crippen molar-refractivity contribution < 1.29 is 33.8 Å². The second-order valence-electron chi connectivity index (χ2n) is 10.3. The summed E-state index contributed by atoms with van der Waals surface area (Å²) in [5, 5.41) is 17.3. The van der Waals surface area contributed by atoms with Crippen LogP contribution in [0.25, 0.3) is 11.1 Å². The van der Waals surface area contributed by atoms with Crippen LogP contribution in [0.3, 0.4) is 0 Å². The standard InChI is InChI=1S/C34H30ClN3O7/c1-44-33(42)30(18-37-34(43)45-19-28-25-11-4-2-9-23(25)24-10-3-5-12-26(24)28)38-32(41)27-14-13-21(16-29(27)35)31(40)36-17-20-7-6-8-22(39)15-20/h2-16,28,30,39H,17-19H2,1H3,(H,36,40)(H,37,43)(H,38,41)/t30-/m0/s1. The van der Waals surface area contributed by atoms with Crippen molar-refractivity contribution in [3.63, 3.8) is 0 Å². The highest BCUT2D eigenvalue weighted by atomic mass is 35.5. The third kappa shape index (κ3) is 7.25. The molecule has 5 rings (SSSR count). The van der Waals surface area contributed by atoms with Gasteiger partial charge in [0.25, 0.3) is 11.8 Å². The van der Waals surface area contributed by atoms with Crippen LogP contribution in [0.2, 0.25) is 5.02 Å². The molecule has 0 unspecified atom stereocenters. The van der Waals surface area contributed by atoms with Gasteiger partial charge in [-0.15, -0.1) is 0 Å². The van der Waals surface area contributed by atoms with E-state index in [1.165, 1.54) is 30.3 Å². The van der Waals surface area contributed by atoms with Gasteiger partial charge in [0.05, 0.1) is 24.2 Å². The zero-order chi connectivity index (χ0) is 31.9. The number of aromatic hydroxyl groups is 1. The molecule has 1 atom stereocenters. The predicted molar refractivity (Wildman–Crippen MR) is 167 cm³/mol. The molecule has 0 radical (unpaired) electrons. The first-order valence-corrected chi connectivity index (χ1v) is 14.5. The number of fused-ring (bicyclic) bond motifs is 3. The van der Waals surface area contributed by atoms with Gasteiger partial charge >= 0.3 is 12.1 Å². The fourth-order valence-electron chi connectivity index (χ4n) is 5.20. The molecule has 4 aromatic rings. The number of esters is 1. The van der Waals surface area contributed by atoms with Gasteiger partial charge in [0.15, 0.2) is 0 Å². The molecular formula is C34H30ClN3O7. The van der Waals surface area contributed by atoms with E-state index in [-0.39, 0.29) is 47.5 Å². The molecule has 0 heterocycles. The monoisotopic (exact) mass is 627 g/mol. The van der Waals surface area contributed by atoms with Gasteiger partial charge < -0.3 is 30.5 Å². The quantitative estimate of drug-likeness (QED) is 0.185. The molecule has 1 aliphatic rings. The number of hydrogen-bond acceptors (Lipinski definition) is 7. The number of nitrogens with one attached hydrogen (secondary N) is 3. The van der Waals surface area contributed by atoms with Crippen molar-refractivity contribution in [3.05, 3.63) is 124 Å². The Kier molecular flexibility index (Phi) is 9.64. The minimum absolute atomic E-state index is 0.0104. The van der Waals surface area contributed by atoms with Crippen LogP contribution in [-0.4, -0.2) is 55.3 Å². The fourth-order valence-corrected chi connectivity index (χ4v) is 5.46. The normalized spacial score (nSPS) is 12.3. The van der Waals surface area contributed by atoms with E-state index in [2.05, 4.69) is 16.0 Å². The molecule has 0 spiro atoms. The van der Waals surface area contributed by atoms with Crippen LogP contribution < -0.4 is 16.0 Å². The van der Waals surface area contributed by atoms with E-state index in [4.69, 9.17) is 21.1 Å². The smallest absolute Gasteiger partial charge is 0.407 e. The molecular weight excluding hydrogens is 598 g/mol. The van der Waals surface area contributed by atoms with Crippen molar-refractivity contribution >= 4 is 35.5 Å². The van der Waals surface area contributed by atoms with E-state index in [9.17, 15) is 24.3 Å². The number of carbonyl (C=O) groups is 4. The van der Waals surface area contributed by atoms with Crippen molar-refractivity contribution in [2.24, 2.45) is 0 Å². The van der Waals surface area contributed by atoms with E-state index in [1.807, 2.05) is 48.5 Å². The average molecular weight is 628 g/mol. The molecule has 1 aliphatic carbocycles. The number of ether oxygens (including phenoxy) is 2. The number of phenols is 1. The third-order valence-corrected chi connectivity index (χ3v) is 7.74. The summed E-state index contributed by atoms with van der Waals surface area (Å²) in [6, 6.07) is 25.2. The van der Waals surface area contributed by atoms with Crippen LogP contribution in [0.1, 0.15) is 43.3 Å². The van der Waals surface area contributed by atoms with Crippen molar-refractivity contribution in [3.8, 4) is 16.9 Å². The summed E-state index contributed by atoms with van der Waals surface area (Å²) < 4.78 is 10.3. The topological polar surface area (TPSA) is 143 Å². The number of rotatable bonds is 10.